The Kier molecular flexibility index (Phi) is 8.98. The minimum Gasteiger partial charge on any atom is -0.312 e. The van der Waals surface area contributed by atoms with Gasteiger partial charge >= 0.3 is 0 Å². The topological polar surface area (TPSA) is 128 Å². The van der Waals surface area contributed by atoms with Crippen LogP contribution in [0.25, 0.3) is 0 Å². The standard InChI is InChI=1S/C26H41N5O5S2/c1-20-19-23(38(35,36)27-14-17-30(2)3)10-9-21(20)11-18-37(33,34)31-15-12-26(13-16-31)25(32)28-24(29-26)22-7-5-4-6-8-22/h9-10,19,22,27H,4-8,11-18H2,1-3H3,(H,28,29,32). The third kappa shape index (κ3) is 6.64. The Labute approximate surface area is 227 Å². The van der Waals surface area contributed by atoms with Crippen LogP contribution in [0.5, 0.6) is 0 Å². The van der Waals surface area contributed by atoms with Gasteiger partial charge in [0.05, 0.1) is 10.6 Å². The number of benzene rings is 1. The Balaban J connectivity index is 1.34. The number of amidine groups is 1. The summed E-state index contributed by atoms with van der Waals surface area (Å²) in [6.07, 6.45) is 6.71. The quantitative estimate of drug-likeness (QED) is 0.443. The molecule has 0 bridgehead atoms. The Morgan fingerprint density at radius 3 is 2.42 bits per heavy atom. The Morgan fingerprint density at radius 2 is 1.79 bits per heavy atom. The summed E-state index contributed by atoms with van der Waals surface area (Å²) < 4.78 is 55.5. The molecule has 1 saturated heterocycles. The number of sulfonamides is 2. The molecule has 0 atom stereocenters. The molecule has 0 radical (unpaired) electrons. The first-order valence-corrected chi connectivity index (χ1v) is 16.6. The molecule has 10 nitrogen and oxygen atoms in total. The molecule has 4 rings (SSSR count). The van der Waals surface area contributed by atoms with Crippen LogP contribution in [0.15, 0.2) is 28.1 Å². The highest BCUT2D eigenvalue weighted by Gasteiger charge is 2.48. The fourth-order valence-corrected chi connectivity index (χ4v) is 8.14. The number of aliphatic imine (C=N–C) groups is 1. The summed E-state index contributed by atoms with van der Waals surface area (Å²) in [4.78, 5) is 19.8. The van der Waals surface area contributed by atoms with Crippen LogP contribution in [0, 0.1) is 12.8 Å². The van der Waals surface area contributed by atoms with Crippen molar-refractivity contribution in [1.82, 2.24) is 19.2 Å². The second-order valence-electron chi connectivity index (χ2n) is 11.1. The fourth-order valence-electron chi connectivity index (χ4n) is 5.56. The lowest BCUT2D eigenvalue weighted by molar-refractivity contribution is -0.125. The van der Waals surface area contributed by atoms with Crippen molar-refractivity contribution in [3.05, 3.63) is 29.3 Å². The number of hydrogen-bond donors (Lipinski definition) is 2. The van der Waals surface area contributed by atoms with Crippen molar-refractivity contribution in [2.75, 3.05) is 46.0 Å². The van der Waals surface area contributed by atoms with E-state index in [-0.39, 0.29) is 36.1 Å². The van der Waals surface area contributed by atoms with Gasteiger partial charge in [0.1, 0.15) is 11.4 Å². The number of hydrogen-bond acceptors (Lipinski definition) is 7. The molecule has 2 fully saturated rings. The van der Waals surface area contributed by atoms with Gasteiger partial charge in [-0.3, -0.25) is 9.79 Å². The SMILES string of the molecule is Cc1cc(S(=O)(=O)NCCN(C)C)ccc1CCS(=O)(=O)N1CCC2(CC1)N=C(C1CCCCC1)NC2=O. The number of likely N-dealkylation sites (N-methyl/N-ethyl adjacent to an activating group) is 1. The predicted octanol–water partition coefficient (Wildman–Crippen LogP) is 1.65. The lowest BCUT2D eigenvalue weighted by Gasteiger charge is -2.34. The first-order chi connectivity index (χ1) is 17.9. The van der Waals surface area contributed by atoms with E-state index in [9.17, 15) is 21.6 Å². The number of carbonyl (C=O) groups is 1. The third-order valence-corrected chi connectivity index (χ3v) is 11.4. The third-order valence-electron chi connectivity index (χ3n) is 8.04. The zero-order valence-corrected chi connectivity index (χ0v) is 24.3. The molecule has 1 saturated carbocycles. The van der Waals surface area contributed by atoms with Crippen LogP contribution >= 0.6 is 0 Å². The first-order valence-electron chi connectivity index (χ1n) is 13.5. The second-order valence-corrected chi connectivity index (χ2v) is 14.9. The van der Waals surface area contributed by atoms with E-state index in [1.54, 1.807) is 19.1 Å². The Bertz CT molecular complexity index is 1260. The van der Waals surface area contributed by atoms with Gasteiger partial charge in [0.25, 0.3) is 5.91 Å². The first kappa shape index (κ1) is 29.1. The average molecular weight is 568 g/mol. The highest BCUT2D eigenvalue weighted by molar-refractivity contribution is 7.89. The van der Waals surface area contributed by atoms with Crippen LogP contribution in [-0.2, 0) is 31.3 Å². The van der Waals surface area contributed by atoms with E-state index >= 15 is 0 Å². The zero-order valence-electron chi connectivity index (χ0n) is 22.7. The van der Waals surface area contributed by atoms with Crippen LogP contribution in [0.2, 0.25) is 0 Å². The summed E-state index contributed by atoms with van der Waals surface area (Å²) in [5, 5.41) is 3.02. The molecular weight excluding hydrogens is 526 g/mol. The lowest BCUT2D eigenvalue weighted by Crippen LogP contribution is -2.51. The second kappa shape index (κ2) is 11.7. The molecule has 12 heteroatoms. The molecule has 1 aliphatic carbocycles. The van der Waals surface area contributed by atoms with Crippen LogP contribution in [0.3, 0.4) is 0 Å². The maximum atomic E-state index is 13.1. The molecule has 3 aliphatic rings. The largest absolute Gasteiger partial charge is 0.312 e. The van der Waals surface area contributed by atoms with Crippen LogP contribution in [0.4, 0.5) is 0 Å². The van der Waals surface area contributed by atoms with E-state index < -0.39 is 25.6 Å². The number of aryl methyl sites for hydroxylation is 2. The van der Waals surface area contributed by atoms with E-state index in [0.29, 0.717) is 31.8 Å². The van der Waals surface area contributed by atoms with Gasteiger partial charge in [0, 0.05) is 32.1 Å². The van der Waals surface area contributed by atoms with Crippen LogP contribution < -0.4 is 10.0 Å². The van der Waals surface area contributed by atoms with Crippen molar-refractivity contribution >= 4 is 31.8 Å². The van der Waals surface area contributed by atoms with Crippen molar-refractivity contribution in [3.8, 4) is 0 Å². The number of nitrogens with zero attached hydrogens (tertiary/aromatic N) is 3. The number of nitrogens with one attached hydrogen (secondary N) is 2. The molecule has 38 heavy (non-hydrogen) atoms. The minimum atomic E-state index is -3.63. The maximum Gasteiger partial charge on any atom is 0.253 e. The number of rotatable bonds is 10. The Hall–Kier alpha value is -1.86. The monoisotopic (exact) mass is 567 g/mol. The molecule has 1 amide bonds. The van der Waals surface area contributed by atoms with E-state index in [1.165, 1.54) is 16.8 Å². The van der Waals surface area contributed by atoms with Gasteiger partial charge in [-0.15, -0.1) is 0 Å². The van der Waals surface area contributed by atoms with Crippen molar-refractivity contribution in [2.24, 2.45) is 10.9 Å². The van der Waals surface area contributed by atoms with Crippen molar-refractivity contribution in [1.29, 1.82) is 0 Å². The van der Waals surface area contributed by atoms with E-state index in [0.717, 1.165) is 42.6 Å². The zero-order chi connectivity index (χ0) is 27.6. The van der Waals surface area contributed by atoms with Gasteiger partial charge < -0.3 is 10.2 Å². The van der Waals surface area contributed by atoms with E-state index in [4.69, 9.17) is 4.99 Å². The molecular formula is C26H41N5O5S2. The maximum absolute atomic E-state index is 13.1. The van der Waals surface area contributed by atoms with Gasteiger partial charge in [0.15, 0.2) is 0 Å². The molecule has 2 N–H and O–H groups in total. The van der Waals surface area contributed by atoms with Gasteiger partial charge in [-0.25, -0.2) is 25.9 Å². The van der Waals surface area contributed by atoms with Crippen molar-refractivity contribution < 1.29 is 21.6 Å². The van der Waals surface area contributed by atoms with Crippen molar-refractivity contribution in [3.63, 3.8) is 0 Å². The van der Waals surface area contributed by atoms with Crippen LogP contribution in [-0.4, -0.2) is 89.3 Å². The number of carbonyl (C=O) groups excluding carboxylic acids is 1. The Morgan fingerprint density at radius 1 is 1.11 bits per heavy atom. The summed E-state index contributed by atoms with van der Waals surface area (Å²) >= 11 is 0. The molecule has 0 unspecified atom stereocenters. The van der Waals surface area contributed by atoms with Gasteiger partial charge in [-0.1, -0.05) is 25.3 Å². The van der Waals surface area contributed by atoms with Gasteiger partial charge in [-0.05, 0) is 76.4 Å². The molecule has 1 aromatic carbocycles. The summed E-state index contributed by atoms with van der Waals surface area (Å²) in [5.41, 5.74) is 0.698. The molecule has 2 aliphatic heterocycles. The minimum absolute atomic E-state index is 0.0726. The van der Waals surface area contributed by atoms with E-state index in [1.807, 2.05) is 19.0 Å². The number of amides is 1. The molecule has 0 aromatic heterocycles. The van der Waals surface area contributed by atoms with Gasteiger partial charge in [0.2, 0.25) is 20.0 Å². The lowest BCUT2D eigenvalue weighted by atomic mass is 9.88. The van der Waals surface area contributed by atoms with E-state index in [2.05, 4.69) is 10.0 Å². The molecule has 1 aromatic rings. The van der Waals surface area contributed by atoms with Crippen LogP contribution in [0.1, 0.15) is 56.1 Å². The highest BCUT2D eigenvalue weighted by Crippen LogP contribution is 2.35. The van der Waals surface area contributed by atoms with Gasteiger partial charge in [-0.2, -0.15) is 0 Å². The summed E-state index contributed by atoms with van der Waals surface area (Å²) in [7, 11) is -3.42. The highest BCUT2D eigenvalue weighted by atomic mass is 32.2. The summed E-state index contributed by atoms with van der Waals surface area (Å²) in [6.45, 7) is 3.23. The summed E-state index contributed by atoms with van der Waals surface area (Å²) in [6, 6.07) is 4.81. The molecule has 1 spiro atoms. The van der Waals surface area contributed by atoms with Crippen molar-refractivity contribution in [2.45, 2.75) is 68.7 Å². The number of piperidine rings is 1. The fraction of sp³-hybridized carbons (Fsp3) is 0.692. The molecule has 2 heterocycles. The molecule has 212 valence electrons. The predicted molar refractivity (Wildman–Crippen MR) is 148 cm³/mol. The summed E-state index contributed by atoms with van der Waals surface area (Å²) in [5.74, 6) is 0.959. The average Bonchev–Trinajstić information content (AvgIpc) is 3.19. The normalized spacial score (nSPS) is 21.2. The smallest absolute Gasteiger partial charge is 0.253 e.